The summed E-state index contributed by atoms with van der Waals surface area (Å²) < 4.78 is 27.1. The van der Waals surface area contributed by atoms with Crippen LogP contribution in [-0.4, -0.2) is 17.2 Å². The standard InChI is InChI=1S/C12H9BF2O2/c14-10-7-6-9(8-4-2-1-3-5-8)12(15)11(10)13(16)17/h1-7,16-17H. The van der Waals surface area contributed by atoms with Gasteiger partial charge in [-0.1, -0.05) is 30.3 Å². The lowest BCUT2D eigenvalue weighted by molar-refractivity contribution is 0.419. The zero-order valence-electron chi connectivity index (χ0n) is 8.77. The van der Waals surface area contributed by atoms with Crippen LogP contribution in [0.3, 0.4) is 0 Å². The highest BCUT2D eigenvalue weighted by atomic mass is 19.1. The van der Waals surface area contributed by atoms with Crippen molar-refractivity contribution in [2.75, 3.05) is 0 Å². The van der Waals surface area contributed by atoms with Crippen molar-refractivity contribution >= 4 is 12.6 Å². The molecule has 86 valence electrons. The molecule has 2 N–H and O–H groups in total. The van der Waals surface area contributed by atoms with Gasteiger partial charge in [0.05, 0.1) is 5.46 Å². The molecule has 2 aromatic rings. The molecule has 0 saturated heterocycles. The smallest absolute Gasteiger partial charge is 0.423 e. The molecule has 0 bridgehead atoms. The second-order valence-electron chi connectivity index (χ2n) is 3.56. The van der Waals surface area contributed by atoms with Gasteiger partial charge in [0.1, 0.15) is 11.6 Å². The van der Waals surface area contributed by atoms with E-state index in [1.807, 2.05) is 0 Å². The van der Waals surface area contributed by atoms with Crippen molar-refractivity contribution < 1.29 is 18.8 Å². The van der Waals surface area contributed by atoms with Gasteiger partial charge in [-0.3, -0.25) is 0 Å². The van der Waals surface area contributed by atoms with E-state index in [4.69, 9.17) is 10.0 Å². The Bertz CT molecular complexity index is 530. The van der Waals surface area contributed by atoms with E-state index in [-0.39, 0.29) is 5.56 Å². The lowest BCUT2D eigenvalue weighted by Gasteiger charge is -2.09. The summed E-state index contributed by atoms with van der Waals surface area (Å²) in [6.45, 7) is 0. The Labute approximate surface area is 97.3 Å². The molecule has 0 saturated carbocycles. The van der Waals surface area contributed by atoms with E-state index in [9.17, 15) is 8.78 Å². The maximum atomic E-state index is 13.9. The Balaban J connectivity index is 2.62. The largest absolute Gasteiger partial charge is 0.494 e. The minimum atomic E-state index is -2.17. The predicted octanol–water partition coefficient (Wildman–Crippen LogP) is 1.31. The van der Waals surface area contributed by atoms with Crippen LogP contribution in [0.15, 0.2) is 42.5 Å². The van der Waals surface area contributed by atoms with E-state index in [0.29, 0.717) is 5.56 Å². The second kappa shape index (κ2) is 4.65. The van der Waals surface area contributed by atoms with Crippen LogP contribution >= 0.6 is 0 Å². The summed E-state index contributed by atoms with van der Waals surface area (Å²) >= 11 is 0. The number of benzene rings is 2. The lowest BCUT2D eigenvalue weighted by atomic mass is 9.78. The van der Waals surface area contributed by atoms with Gasteiger partial charge in [0.25, 0.3) is 0 Å². The first-order chi connectivity index (χ1) is 8.11. The van der Waals surface area contributed by atoms with Crippen LogP contribution in [0.25, 0.3) is 11.1 Å². The minimum absolute atomic E-state index is 0.134. The number of hydrogen-bond donors (Lipinski definition) is 2. The summed E-state index contributed by atoms with van der Waals surface area (Å²) in [5.74, 6) is -1.93. The first-order valence-electron chi connectivity index (χ1n) is 5.00. The Morgan fingerprint density at radius 1 is 0.882 bits per heavy atom. The van der Waals surface area contributed by atoms with Crippen molar-refractivity contribution in [3.8, 4) is 11.1 Å². The molecule has 0 aliphatic rings. The maximum absolute atomic E-state index is 13.9. The van der Waals surface area contributed by atoms with Gasteiger partial charge in [0.15, 0.2) is 0 Å². The van der Waals surface area contributed by atoms with Crippen molar-refractivity contribution in [2.45, 2.75) is 0 Å². The van der Waals surface area contributed by atoms with E-state index in [1.165, 1.54) is 6.07 Å². The van der Waals surface area contributed by atoms with E-state index >= 15 is 0 Å². The van der Waals surface area contributed by atoms with Gasteiger partial charge in [-0.05, 0) is 17.7 Å². The zero-order valence-corrected chi connectivity index (χ0v) is 8.77. The van der Waals surface area contributed by atoms with Gasteiger partial charge < -0.3 is 10.0 Å². The number of hydrogen-bond acceptors (Lipinski definition) is 2. The summed E-state index contributed by atoms with van der Waals surface area (Å²) in [6, 6.07) is 10.8. The molecule has 17 heavy (non-hydrogen) atoms. The van der Waals surface area contributed by atoms with Crippen LogP contribution in [0.2, 0.25) is 0 Å². The van der Waals surface area contributed by atoms with Crippen LogP contribution in [0.4, 0.5) is 8.78 Å². The van der Waals surface area contributed by atoms with Crippen molar-refractivity contribution in [3.05, 3.63) is 54.1 Å². The highest BCUT2D eigenvalue weighted by Gasteiger charge is 2.24. The van der Waals surface area contributed by atoms with Gasteiger partial charge in [0, 0.05) is 5.56 Å². The Morgan fingerprint density at radius 3 is 2.12 bits per heavy atom. The molecule has 5 heteroatoms. The molecule has 0 aromatic heterocycles. The highest BCUT2D eigenvalue weighted by molar-refractivity contribution is 6.59. The van der Waals surface area contributed by atoms with Crippen LogP contribution in [0, 0.1) is 11.6 Å². The summed E-state index contributed by atoms with van der Waals surface area (Å²) in [7, 11) is -2.17. The number of halogens is 2. The maximum Gasteiger partial charge on any atom is 0.494 e. The van der Waals surface area contributed by atoms with E-state index in [2.05, 4.69) is 0 Å². The third kappa shape index (κ3) is 2.20. The van der Waals surface area contributed by atoms with Gasteiger partial charge in [-0.2, -0.15) is 0 Å². The van der Waals surface area contributed by atoms with Crippen molar-refractivity contribution in [2.24, 2.45) is 0 Å². The Kier molecular flexibility index (Phi) is 3.22. The van der Waals surface area contributed by atoms with Crippen molar-refractivity contribution in [1.29, 1.82) is 0 Å². The minimum Gasteiger partial charge on any atom is -0.423 e. The molecule has 0 aliphatic carbocycles. The van der Waals surface area contributed by atoms with E-state index < -0.39 is 24.2 Å². The summed E-state index contributed by atoms with van der Waals surface area (Å²) in [6.07, 6.45) is 0. The average Bonchev–Trinajstić information content (AvgIpc) is 2.30. The molecule has 2 nitrogen and oxygen atoms in total. The van der Waals surface area contributed by atoms with Crippen molar-refractivity contribution in [3.63, 3.8) is 0 Å². The van der Waals surface area contributed by atoms with E-state index in [1.54, 1.807) is 30.3 Å². The average molecular weight is 234 g/mol. The molecule has 0 atom stereocenters. The molecule has 0 spiro atoms. The third-order valence-corrected chi connectivity index (χ3v) is 2.47. The van der Waals surface area contributed by atoms with Gasteiger partial charge in [-0.15, -0.1) is 0 Å². The first kappa shape index (κ1) is 11.8. The third-order valence-electron chi connectivity index (χ3n) is 2.47. The summed E-state index contributed by atoms with van der Waals surface area (Å²) in [5.41, 5.74) is -0.0478. The van der Waals surface area contributed by atoms with Crippen LogP contribution in [0.5, 0.6) is 0 Å². The molecule has 0 fully saturated rings. The fourth-order valence-electron chi connectivity index (χ4n) is 1.65. The molecular weight excluding hydrogens is 225 g/mol. The van der Waals surface area contributed by atoms with Crippen LogP contribution in [-0.2, 0) is 0 Å². The molecule has 0 heterocycles. The van der Waals surface area contributed by atoms with E-state index in [0.717, 1.165) is 6.07 Å². The quantitative estimate of drug-likeness (QED) is 0.769. The molecule has 0 unspecified atom stereocenters. The lowest BCUT2D eigenvalue weighted by Crippen LogP contribution is -2.36. The Morgan fingerprint density at radius 2 is 1.53 bits per heavy atom. The van der Waals surface area contributed by atoms with Gasteiger partial charge >= 0.3 is 7.12 Å². The normalized spacial score (nSPS) is 10.4. The monoisotopic (exact) mass is 234 g/mol. The van der Waals surface area contributed by atoms with Gasteiger partial charge in [-0.25, -0.2) is 8.78 Å². The molecular formula is C12H9BF2O2. The zero-order chi connectivity index (χ0) is 12.4. The topological polar surface area (TPSA) is 40.5 Å². The first-order valence-corrected chi connectivity index (χ1v) is 5.00. The molecule has 0 radical (unpaired) electrons. The highest BCUT2D eigenvalue weighted by Crippen LogP contribution is 2.22. The summed E-state index contributed by atoms with van der Waals surface area (Å²) in [4.78, 5) is 0. The fourth-order valence-corrected chi connectivity index (χ4v) is 1.65. The predicted molar refractivity (Wildman–Crippen MR) is 61.6 cm³/mol. The Hall–Kier alpha value is -1.72. The van der Waals surface area contributed by atoms with Crippen LogP contribution in [0.1, 0.15) is 0 Å². The molecule has 0 aliphatic heterocycles. The molecule has 2 aromatic carbocycles. The molecule has 0 amide bonds. The summed E-state index contributed by atoms with van der Waals surface area (Å²) in [5, 5.41) is 17.9. The van der Waals surface area contributed by atoms with Gasteiger partial charge in [0.2, 0.25) is 0 Å². The van der Waals surface area contributed by atoms with Crippen LogP contribution < -0.4 is 5.46 Å². The SMILES string of the molecule is OB(O)c1c(F)ccc(-c2ccccc2)c1F. The molecule has 2 rings (SSSR count). The van der Waals surface area contributed by atoms with Crippen molar-refractivity contribution in [1.82, 2.24) is 0 Å². The number of rotatable bonds is 2. The fraction of sp³-hybridized carbons (Fsp3) is 0. The second-order valence-corrected chi connectivity index (χ2v) is 3.56.